The van der Waals surface area contributed by atoms with Gasteiger partial charge in [-0.3, -0.25) is 9.78 Å². The number of hydrogen-bond acceptors (Lipinski definition) is 3. The van der Waals surface area contributed by atoms with Crippen LogP contribution in [-0.2, 0) is 6.42 Å². The molecule has 0 atom stereocenters. The summed E-state index contributed by atoms with van der Waals surface area (Å²) in [7, 11) is 1.80. The van der Waals surface area contributed by atoms with Crippen LogP contribution < -0.4 is 5.73 Å². The van der Waals surface area contributed by atoms with E-state index in [9.17, 15) is 4.79 Å². The van der Waals surface area contributed by atoms with E-state index in [2.05, 4.69) is 4.98 Å². The molecule has 0 radical (unpaired) electrons. The van der Waals surface area contributed by atoms with Crippen LogP contribution in [0.25, 0.3) is 0 Å². The number of amides is 1. The molecule has 2 N–H and O–H groups in total. The molecule has 0 saturated heterocycles. The van der Waals surface area contributed by atoms with Gasteiger partial charge in [0.05, 0.1) is 5.56 Å². The Labute approximate surface area is 119 Å². The fourth-order valence-electron chi connectivity index (χ4n) is 2.02. The molecule has 0 saturated carbocycles. The number of anilines is 1. The number of aryl methyl sites for hydroxylation is 1. The molecule has 104 valence electrons. The SMILES string of the molecule is Cc1cccc(C(=O)N(C)CCc2ccncc2)c1N. The number of pyridine rings is 1. The Balaban J connectivity index is 2.04. The van der Waals surface area contributed by atoms with Crippen LogP contribution in [0.2, 0.25) is 0 Å². The van der Waals surface area contributed by atoms with E-state index >= 15 is 0 Å². The summed E-state index contributed by atoms with van der Waals surface area (Å²) in [4.78, 5) is 18.1. The average molecular weight is 269 g/mol. The van der Waals surface area contributed by atoms with Crippen molar-refractivity contribution in [2.75, 3.05) is 19.3 Å². The number of nitrogens with two attached hydrogens (primary N) is 1. The number of para-hydroxylation sites is 1. The lowest BCUT2D eigenvalue weighted by molar-refractivity contribution is 0.0797. The van der Waals surface area contributed by atoms with Gasteiger partial charge < -0.3 is 10.6 Å². The third-order valence-corrected chi connectivity index (χ3v) is 3.39. The topological polar surface area (TPSA) is 59.2 Å². The zero-order chi connectivity index (χ0) is 14.5. The first-order valence-corrected chi connectivity index (χ1v) is 6.59. The Bertz CT molecular complexity index is 596. The maximum Gasteiger partial charge on any atom is 0.255 e. The van der Waals surface area contributed by atoms with Crippen molar-refractivity contribution in [1.82, 2.24) is 9.88 Å². The molecule has 0 aliphatic rings. The molecule has 0 aliphatic heterocycles. The van der Waals surface area contributed by atoms with Crippen molar-refractivity contribution < 1.29 is 4.79 Å². The molecule has 2 rings (SSSR count). The van der Waals surface area contributed by atoms with Crippen molar-refractivity contribution in [2.45, 2.75) is 13.3 Å². The summed E-state index contributed by atoms with van der Waals surface area (Å²) in [6.45, 7) is 2.55. The van der Waals surface area contributed by atoms with Gasteiger partial charge in [-0.15, -0.1) is 0 Å². The molecule has 1 aromatic heterocycles. The lowest BCUT2D eigenvalue weighted by Gasteiger charge is -2.18. The lowest BCUT2D eigenvalue weighted by atomic mass is 10.1. The number of nitrogens with zero attached hydrogens (tertiary/aromatic N) is 2. The van der Waals surface area contributed by atoms with Crippen molar-refractivity contribution in [3.63, 3.8) is 0 Å². The van der Waals surface area contributed by atoms with Crippen molar-refractivity contribution >= 4 is 11.6 Å². The lowest BCUT2D eigenvalue weighted by Crippen LogP contribution is -2.29. The van der Waals surface area contributed by atoms with Gasteiger partial charge in [0.15, 0.2) is 0 Å². The Morgan fingerprint density at radius 3 is 2.65 bits per heavy atom. The molecule has 1 amide bonds. The smallest absolute Gasteiger partial charge is 0.255 e. The highest BCUT2D eigenvalue weighted by atomic mass is 16.2. The summed E-state index contributed by atoms with van der Waals surface area (Å²) in [5.41, 5.74) is 9.20. The minimum atomic E-state index is -0.0414. The first-order chi connectivity index (χ1) is 9.59. The molecule has 0 bridgehead atoms. The van der Waals surface area contributed by atoms with Crippen LogP contribution in [0.4, 0.5) is 5.69 Å². The summed E-state index contributed by atoms with van der Waals surface area (Å²) >= 11 is 0. The van der Waals surface area contributed by atoms with Crippen molar-refractivity contribution in [1.29, 1.82) is 0 Å². The number of rotatable bonds is 4. The normalized spacial score (nSPS) is 10.3. The van der Waals surface area contributed by atoms with Crippen LogP contribution in [-0.4, -0.2) is 29.4 Å². The zero-order valence-corrected chi connectivity index (χ0v) is 11.8. The Kier molecular flexibility index (Phi) is 4.35. The Hall–Kier alpha value is -2.36. The van der Waals surface area contributed by atoms with Gasteiger partial charge in [-0.2, -0.15) is 0 Å². The summed E-state index contributed by atoms with van der Waals surface area (Å²) in [5.74, 6) is -0.0414. The molecule has 20 heavy (non-hydrogen) atoms. The number of carbonyl (C=O) groups excluding carboxylic acids is 1. The number of benzene rings is 1. The Morgan fingerprint density at radius 1 is 1.25 bits per heavy atom. The average Bonchev–Trinajstić information content (AvgIpc) is 2.48. The Morgan fingerprint density at radius 2 is 1.95 bits per heavy atom. The van der Waals surface area contributed by atoms with E-state index in [1.807, 2.05) is 31.2 Å². The second kappa shape index (κ2) is 6.19. The molecule has 2 aromatic rings. The third-order valence-electron chi connectivity index (χ3n) is 3.39. The quantitative estimate of drug-likeness (QED) is 0.866. The zero-order valence-electron chi connectivity index (χ0n) is 11.8. The van der Waals surface area contributed by atoms with E-state index in [1.54, 1.807) is 30.4 Å². The molecule has 0 spiro atoms. The van der Waals surface area contributed by atoms with Gasteiger partial charge in [-0.1, -0.05) is 12.1 Å². The van der Waals surface area contributed by atoms with Crippen molar-refractivity contribution in [3.05, 3.63) is 59.4 Å². The largest absolute Gasteiger partial charge is 0.398 e. The predicted molar refractivity (Wildman–Crippen MR) is 80.5 cm³/mol. The fourth-order valence-corrected chi connectivity index (χ4v) is 2.02. The van der Waals surface area contributed by atoms with Gasteiger partial charge >= 0.3 is 0 Å². The van der Waals surface area contributed by atoms with E-state index < -0.39 is 0 Å². The van der Waals surface area contributed by atoms with Crippen LogP contribution in [0.15, 0.2) is 42.7 Å². The van der Waals surface area contributed by atoms with Gasteiger partial charge in [0.25, 0.3) is 5.91 Å². The predicted octanol–water partition coefficient (Wildman–Crippen LogP) is 2.29. The highest BCUT2D eigenvalue weighted by Gasteiger charge is 2.15. The summed E-state index contributed by atoms with van der Waals surface area (Å²) in [6, 6.07) is 9.45. The van der Waals surface area contributed by atoms with Crippen molar-refractivity contribution in [3.8, 4) is 0 Å². The number of hydrogen-bond donors (Lipinski definition) is 1. The standard InChI is InChI=1S/C16H19N3O/c1-12-4-3-5-14(15(12)17)16(20)19(2)11-8-13-6-9-18-10-7-13/h3-7,9-10H,8,11,17H2,1-2H3. The van der Waals surface area contributed by atoms with Gasteiger partial charge in [0.1, 0.15) is 0 Å². The van der Waals surface area contributed by atoms with Gasteiger partial charge in [-0.25, -0.2) is 0 Å². The summed E-state index contributed by atoms with van der Waals surface area (Å²) in [6.07, 6.45) is 4.32. The number of aromatic nitrogens is 1. The van der Waals surface area contributed by atoms with E-state index in [0.717, 1.165) is 17.5 Å². The van der Waals surface area contributed by atoms with E-state index in [-0.39, 0.29) is 5.91 Å². The van der Waals surface area contributed by atoms with E-state index in [4.69, 9.17) is 5.73 Å². The van der Waals surface area contributed by atoms with E-state index in [1.165, 1.54) is 0 Å². The number of carbonyl (C=O) groups is 1. The second-order valence-electron chi connectivity index (χ2n) is 4.87. The van der Waals surface area contributed by atoms with Crippen LogP contribution in [0.1, 0.15) is 21.5 Å². The molecule has 0 fully saturated rings. The minimum absolute atomic E-state index is 0.0414. The number of likely N-dealkylation sites (N-methyl/N-ethyl adjacent to an activating group) is 1. The van der Waals surface area contributed by atoms with Crippen LogP contribution in [0.5, 0.6) is 0 Å². The highest BCUT2D eigenvalue weighted by molar-refractivity contribution is 5.99. The monoisotopic (exact) mass is 269 g/mol. The molecule has 4 nitrogen and oxygen atoms in total. The maximum absolute atomic E-state index is 12.4. The molecule has 4 heteroatoms. The first kappa shape index (κ1) is 14.1. The molecule has 1 aromatic carbocycles. The van der Waals surface area contributed by atoms with Crippen LogP contribution >= 0.6 is 0 Å². The second-order valence-corrected chi connectivity index (χ2v) is 4.87. The molecule has 0 aliphatic carbocycles. The molecule has 0 unspecified atom stereocenters. The maximum atomic E-state index is 12.4. The van der Waals surface area contributed by atoms with Crippen LogP contribution in [0.3, 0.4) is 0 Å². The molecular formula is C16H19N3O. The summed E-state index contributed by atoms with van der Waals surface area (Å²) in [5, 5.41) is 0. The van der Waals surface area contributed by atoms with E-state index in [0.29, 0.717) is 17.8 Å². The fraction of sp³-hybridized carbons (Fsp3) is 0.250. The third kappa shape index (κ3) is 3.15. The van der Waals surface area contributed by atoms with Gasteiger partial charge in [0, 0.05) is 31.7 Å². The first-order valence-electron chi connectivity index (χ1n) is 6.59. The van der Waals surface area contributed by atoms with Crippen LogP contribution in [0, 0.1) is 6.92 Å². The molecular weight excluding hydrogens is 250 g/mol. The van der Waals surface area contributed by atoms with Crippen molar-refractivity contribution in [2.24, 2.45) is 0 Å². The number of nitrogen functional groups attached to an aromatic ring is 1. The van der Waals surface area contributed by atoms with Gasteiger partial charge in [0.2, 0.25) is 0 Å². The minimum Gasteiger partial charge on any atom is -0.398 e. The van der Waals surface area contributed by atoms with Gasteiger partial charge in [-0.05, 0) is 42.7 Å². The summed E-state index contributed by atoms with van der Waals surface area (Å²) < 4.78 is 0. The highest BCUT2D eigenvalue weighted by Crippen LogP contribution is 2.18. The molecule has 1 heterocycles.